The summed E-state index contributed by atoms with van der Waals surface area (Å²) < 4.78 is 0. The van der Waals surface area contributed by atoms with E-state index >= 15 is 0 Å². The number of hydrogen-bond donors (Lipinski definition) is 3. The molecule has 0 aromatic heterocycles. The fraction of sp³-hybridized carbons (Fsp3) is 0.500. The minimum atomic E-state index is -0.878. The van der Waals surface area contributed by atoms with Gasteiger partial charge in [0.1, 0.15) is 0 Å². The van der Waals surface area contributed by atoms with Gasteiger partial charge in [-0.25, -0.2) is 4.79 Å². The molecule has 0 atom stereocenters. The third-order valence-corrected chi connectivity index (χ3v) is 3.99. The number of carboxylic acid groups (broad SMARTS) is 1. The molecule has 1 saturated carbocycles. The molecule has 2 rings (SSSR count). The number of carboxylic acids is 1. The summed E-state index contributed by atoms with van der Waals surface area (Å²) in [5.41, 5.74) is 1.30. The molecule has 1 aliphatic carbocycles. The van der Waals surface area contributed by atoms with Gasteiger partial charge in [-0.1, -0.05) is 26.0 Å². The number of hydrogen-bond acceptors (Lipinski definition) is 2. The first-order chi connectivity index (χ1) is 9.90. The highest BCUT2D eigenvalue weighted by Gasteiger charge is 2.40. The normalized spacial score (nSPS) is 16.1. The maximum atomic E-state index is 12.1. The number of carbonyl (C=O) groups is 2. The summed E-state index contributed by atoms with van der Waals surface area (Å²) in [6.45, 7) is 4.19. The van der Waals surface area contributed by atoms with Crippen LogP contribution in [0.25, 0.3) is 0 Å². The molecule has 0 heterocycles. The van der Waals surface area contributed by atoms with Gasteiger partial charge in [0, 0.05) is 5.69 Å². The molecule has 3 N–H and O–H groups in total. The van der Waals surface area contributed by atoms with Crippen molar-refractivity contribution in [1.82, 2.24) is 5.32 Å². The minimum Gasteiger partial charge on any atom is -0.481 e. The van der Waals surface area contributed by atoms with Crippen molar-refractivity contribution in [3.05, 3.63) is 29.8 Å². The second-order valence-electron chi connectivity index (χ2n) is 6.06. The summed E-state index contributed by atoms with van der Waals surface area (Å²) >= 11 is 0. The van der Waals surface area contributed by atoms with Crippen LogP contribution in [0.4, 0.5) is 10.5 Å². The van der Waals surface area contributed by atoms with E-state index in [-0.39, 0.29) is 12.5 Å². The summed E-state index contributed by atoms with van der Waals surface area (Å²) in [5, 5.41) is 14.6. The second-order valence-corrected chi connectivity index (χ2v) is 6.06. The van der Waals surface area contributed by atoms with E-state index in [1.165, 1.54) is 0 Å². The van der Waals surface area contributed by atoms with Gasteiger partial charge in [-0.2, -0.15) is 0 Å². The molecule has 1 aromatic carbocycles. The Kier molecular flexibility index (Phi) is 4.50. The first kappa shape index (κ1) is 15.4. The number of aliphatic carboxylic acids is 1. The van der Waals surface area contributed by atoms with Crippen LogP contribution >= 0.6 is 0 Å². The van der Waals surface area contributed by atoms with E-state index in [2.05, 4.69) is 24.5 Å². The van der Waals surface area contributed by atoms with Crippen molar-refractivity contribution in [3.63, 3.8) is 0 Å². The van der Waals surface area contributed by atoms with Crippen LogP contribution < -0.4 is 10.6 Å². The molecule has 2 amide bonds. The molecule has 5 nitrogen and oxygen atoms in total. The van der Waals surface area contributed by atoms with Gasteiger partial charge in [0.25, 0.3) is 0 Å². The van der Waals surface area contributed by atoms with E-state index in [0.29, 0.717) is 5.92 Å². The highest BCUT2D eigenvalue weighted by atomic mass is 16.4. The van der Waals surface area contributed by atoms with Crippen LogP contribution in [-0.2, 0) is 4.79 Å². The molecule has 1 fully saturated rings. The van der Waals surface area contributed by atoms with Gasteiger partial charge in [-0.3, -0.25) is 4.79 Å². The molecule has 0 saturated heterocycles. The molecule has 0 radical (unpaired) electrons. The first-order valence-corrected chi connectivity index (χ1v) is 7.31. The van der Waals surface area contributed by atoms with E-state index in [0.717, 1.165) is 30.5 Å². The molecular formula is C16H22N2O3. The predicted octanol–water partition coefficient (Wildman–Crippen LogP) is 3.33. The second kappa shape index (κ2) is 6.16. The summed E-state index contributed by atoms with van der Waals surface area (Å²) in [4.78, 5) is 23.0. The fourth-order valence-corrected chi connectivity index (χ4v) is 2.62. The Balaban J connectivity index is 1.98. The molecular weight excluding hydrogens is 268 g/mol. The molecule has 5 heteroatoms. The lowest BCUT2D eigenvalue weighted by Gasteiger charge is -2.41. The number of amides is 2. The lowest BCUT2D eigenvalue weighted by molar-refractivity contribution is -0.139. The zero-order valence-electron chi connectivity index (χ0n) is 12.5. The lowest BCUT2D eigenvalue weighted by atomic mass is 9.74. The van der Waals surface area contributed by atoms with Gasteiger partial charge in [0.05, 0.1) is 12.0 Å². The topological polar surface area (TPSA) is 78.4 Å². The standard InChI is InChI=1S/C16H22N2O3/c1-11(2)12-5-3-6-13(9-12)17-15(21)18-16(7-4-8-16)10-14(19)20/h3,5-6,9,11H,4,7-8,10H2,1-2H3,(H,19,20)(H2,17,18,21). The Bertz CT molecular complexity index is 536. The van der Waals surface area contributed by atoms with Gasteiger partial charge >= 0.3 is 12.0 Å². The van der Waals surface area contributed by atoms with Crippen molar-refractivity contribution in [1.29, 1.82) is 0 Å². The van der Waals surface area contributed by atoms with Crippen molar-refractivity contribution in [2.75, 3.05) is 5.32 Å². The summed E-state index contributed by atoms with van der Waals surface area (Å²) in [7, 11) is 0. The van der Waals surface area contributed by atoms with Crippen molar-refractivity contribution in [2.24, 2.45) is 0 Å². The van der Waals surface area contributed by atoms with Crippen LogP contribution in [0.15, 0.2) is 24.3 Å². The van der Waals surface area contributed by atoms with Crippen molar-refractivity contribution in [3.8, 4) is 0 Å². The SMILES string of the molecule is CC(C)c1cccc(NC(=O)NC2(CC(=O)O)CCC2)c1. The average molecular weight is 290 g/mol. The van der Waals surface area contributed by atoms with Gasteiger partial charge in [0.2, 0.25) is 0 Å². The zero-order valence-corrected chi connectivity index (χ0v) is 12.5. The molecule has 1 aromatic rings. The molecule has 0 spiro atoms. The van der Waals surface area contributed by atoms with Crippen molar-refractivity contribution < 1.29 is 14.7 Å². The Hall–Kier alpha value is -2.04. The monoisotopic (exact) mass is 290 g/mol. The quantitative estimate of drug-likeness (QED) is 0.778. The van der Waals surface area contributed by atoms with E-state index in [1.807, 2.05) is 24.3 Å². The van der Waals surface area contributed by atoms with Crippen LogP contribution in [0, 0.1) is 0 Å². The van der Waals surface area contributed by atoms with Gasteiger partial charge in [-0.15, -0.1) is 0 Å². The number of urea groups is 1. The summed E-state index contributed by atoms with van der Waals surface area (Å²) in [6, 6.07) is 7.36. The Labute approximate surface area is 124 Å². The number of anilines is 1. The Morgan fingerprint density at radius 1 is 1.33 bits per heavy atom. The smallest absolute Gasteiger partial charge is 0.319 e. The van der Waals surface area contributed by atoms with E-state index in [1.54, 1.807) is 0 Å². The fourth-order valence-electron chi connectivity index (χ4n) is 2.62. The van der Waals surface area contributed by atoms with Crippen LogP contribution in [0.5, 0.6) is 0 Å². The van der Waals surface area contributed by atoms with E-state index in [4.69, 9.17) is 5.11 Å². The highest BCUT2D eigenvalue weighted by molar-refractivity contribution is 5.90. The maximum Gasteiger partial charge on any atom is 0.319 e. The largest absolute Gasteiger partial charge is 0.481 e. The lowest BCUT2D eigenvalue weighted by Crippen LogP contribution is -2.55. The summed E-state index contributed by atoms with van der Waals surface area (Å²) in [5.74, 6) is -0.489. The number of rotatable bonds is 5. The van der Waals surface area contributed by atoms with Crippen molar-refractivity contribution >= 4 is 17.7 Å². The first-order valence-electron chi connectivity index (χ1n) is 7.31. The third kappa shape index (κ3) is 3.97. The van der Waals surface area contributed by atoms with Crippen LogP contribution in [-0.4, -0.2) is 22.6 Å². The molecule has 114 valence electrons. The summed E-state index contributed by atoms with van der Waals surface area (Å²) in [6.07, 6.45) is 2.38. The van der Waals surface area contributed by atoms with Gasteiger partial charge < -0.3 is 15.7 Å². The number of benzene rings is 1. The van der Waals surface area contributed by atoms with Crippen molar-refractivity contribution in [2.45, 2.75) is 51.0 Å². The number of carbonyl (C=O) groups excluding carboxylic acids is 1. The van der Waals surface area contributed by atoms with Crippen LogP contribution in [0.3, 0.4) is 0 Å². The average Bonchev–Trinajstić information content (AvgIpc) is 2.35. The third-order valence-electron chi connectivity index (χ3n) is 3.99. The Morgan fingerprint density at radius 3 is 2.57 bits per heavy atom. The molecule has 0 unspecified atom stereocenters. The number of nitrogens with one attached hydrogen (secondary N) is 2. The minimum absolute atomic E-state index is 0.0214. The predicted molar refractivity (Wildman–Crippen MR) is 81.5 cm³/mol. The molecule has 1 aliphatic rings. The zero-order chi connectivity index (χ0) is 15.5. The van der Waals surface area contributed by atoms with Crippen LogP contribution in [0.2, 0.25) is 0 Å². The van der Waals surface area contributed by atoms with Crippen LogP contribution in [0.1, 0.15) is 51.0 Å². The molecule has 0 aliphatic heterocycles. The molecule has 0 bridgehead atoms. The van der Waals surface area contributed by atoms with E-state index in [9.17, 15) is 9.59 Å². The van der Waals surface area contributed by atoms with Gasteiger partial charge in [0.15, 0.2) is 0 Å². The highest BCUT2D eigenvalue weighted by Crippen LogP contribution is 2.35. The maximum absolute atomic E-state index is 12.1. The van der Waals surface area contributed by atoms with E-state index < -0.39 is 11.5 Å². The Morgan fingerprint density at radius 2 is 2.05 bits per heavy atom. The molecule has 21 heavy (non-hydrogen) atoms. The van der Waals surface area contributed by atoms with Gasteiger partial charge in [-0.05, 0) is 42.9 Å².